The Balaban J connectivity index is 1.85. The van der Waals surface area contributed by atoms with Gasteiger partial charge in [-0.05, 0) is 31.2 Å². The van der Waals surface area contributed by atoms with Crippen LogP contribution in [0.4, 0.5) is 0 Å². The maximum Gasteiger partial charge on any atom is 0.257 e. The normalized spacial score (nSPS) is 10.8. The highest BCUT2D eigenvalue weighted by Crippen LogP contribution is 2.17. The predicted molar refractivity (Wildman–Crippen MR) is 93.6 cm³/mol. The zero-order valence-electron chi connectivity index (χ0n) is 14.4. The number of carbonyl (C=O) groups excluding carboxylic acids is 1. The number of rotatable bonds is 7. The van der Waals surface area contributed by atoms with Gasteiger partial charge in [0.2, 0.25) is 0 Å². The van der Waals surface area contributed by atoms with E-state index in [4.69, 9.17) is 9.15 Å². The minimum absolute atomic E-state index is 0.0897. The fourth-order valence-electron chi connectivity index (χ4n) is 2.66. The van der Waals surface area contributed by atoms with Crippen molar-refractivity contribution in [2.24, 2.45) is 0 Å². The summed E-state index contributed by atoms with van der Waals surface area (Å²) in [5, 5.41) is 4.38. The third-order valence-corrected chi connectivity index (χ3v) is 4.02. The molecule has 0 aliphatic heterocycles. The molecule has 0 saturated carbocycles. The number of hydrogen-bond donors (Lipinski definition) is 0. The molecule has 0 unspecified atom stereocenters. The summed E-state index contributed by atoms with van der Waals surface area (Å²) in [4.78, 5) is 14.7. The topological polar surface area (TPSA) is 60.5 Å². The Labute approximate surface area is 146 Å². The third kappa shape index (κ3) is 3.80. The highest BCUT2D eigenvalue weighted by atomic mass is 16.5. The molecule has 0 bridgehead atoms. The molecule has 2 heterocycles. The summed E-state index contributed by atoms with van der Waals surface area (Å²) in [6, 6.07) is 13.4. The van der Waals surface area contributed by atoms with Crippen LogP contribution in [0.2, 0.25) is 0 Å². The maximum atomic E-state index is 13.0. The molecule has 6 heteroatoms. The van der Waals surface area contributed by atoms with E-state index in [-0.39, 0.29) is 5.91 Å². The van der Waals surface area contributed by atoms with Gasteiger partial charge in [-0.25, -0.2) is 4.68 Å². The number of amides is 1. The van der Waals surface area contributed by atoms with Crippen molar-refractivity contribution < 1.29 is 13.9 Å². The third-order valence-electron chi connectivity index (χ3n) is 4.02. The van der Waals surface area contributed by atoms with Crippen molar-refractivity contribution in [1.29, 1.82) is 0 Å². The summed E-state index contributed by atoms with van der Waals surface area (Å²) in [5.41, 5.74) is 2.30. The fraction of sp³-hybridized carbons (Fsp3) is 0.263. The van der Waals surface area contributed by atoms with Gasteiger partial charge in [0.15, 0.2) is 0 Å². The van der Waals surface area contributed by atoms with Crippen molar-refractivity contribution in [3.05, 3.63) is 71.9 Å². The molecular weight excluding hydrogens is 318 g/mol. The molecule has 1 aromatic carbocycles. The van der Waals surface area contributed by atoms with Gasteiger partial charge in [-0.3, -0.25) is 4.79 Å². The number of methoxy groups -OCH3 is 1. The van der Waals surface area contributed by atoms with Crippen LogP contribution in [0.3, 0.4) is 0 Å². The summed E-state index contributed by atoms with van der Waals surface area (Å²) in [5.74, 6) is 0.644. The van der Waals surface area contributed by atoms with E-state index in [0.29, 0.717) is 25.3 Å². The Kier molecular flexibility index (Phi) is 5.30. The number of furan rings is 1. The van der Waals surface area contributed by atoms with Gasteiger partial charge in [0.25, 0.3) is 5.91 Å². The number of aromatic nitrogens is 2. The van der Waals surface area contributed by atoms with Gasteiger partial charge in [-0.15, -0.1) is 0 Å². The van der Waals surface area contributed by atoms with Crippen molar-refractivity contribution in [1.82, 2.24) is 14.7 Å². The standard InChI is InChI=1S/C19H21N3O3/c1-15-18(13-20-22(15)16-7-4-3-5-8-16)19(23)21(10-12-24-2)14-17-9-6-11-25-17/h3-9,11,13H,10,12,14H2,1-2H3. The Bertz CT molecular complexity index is 810. The smallest absolute Gasteiger partial charge is 0.257 e. The molecule has 25 heavy (non-hydrogen) atoms. The molecule has 0 N–H and O–H groups in total. The molecule has 3 aromatic rings. The largest absolute Gasteiger partial charge is 0.467 e. The lowest BCUT2D eigenvalue weighted by molar-refractivity contribution is 0.0666. The molecule has 6 nitrogen and oxygen atoms in total. The van der Waals surface area contributed by atoms with Crippen LogP contribution in [0, 0.1) is 6.92 Å². The zero-order chi connectivity index (χ0) is 17.6. The second-order valence-corrected chi connectivity index (χ2v) is 5.69. The average Bonchev–Trinajstić information content (AvgIpc) is 3.28. The van der Waals surface area contributed by atoms with Crippen LogP contribution in [-0.4, -0.2) is 40.8 Å². The lowest BCUT2D eigenvalue weighted by Crippen LogP contribution is -2.33. The van der Waals surface area contributed by atoms with Crippen molar-refractivity contribution in [3.8, 4) is 5.69 Å². The van der Waals surface area contributed by atoms with Gasteiger partial charge in [-0.2, -0.15) is 5.10 Å². The van der Waals surface area contributed by atoms with Crippen LogP contribution in [0.1, 0.15) is 21.8 Å². The molecule has 130 valence electrons. The van der Waals surface area contributed by atoms with E-state index in [1.165, 1.54) is 0 Å². The SMILES string of the molecule is COCCN(Cc1ccco1)C(=O)c1cnn(-c2ccccc2)c1C. The van der Waals surface area contributed by atoms with Crippen LogP contribution < -0.4 is 0 Å². The highest BCUT2D eigenvalue weighted by molar-refractivity contribution is 5.95. The molecule has 0 aliphatic rings. The van der Waals surface area contributed by atoms with Crippen LogP contribution >= 0.6 is 0 Å². The molecule has 0 fully saturated rings. The minimum Gasteiger partial charge on any atom is -0.467 e. The van der Waals surface area contributed by atoms with E-state index in [0.717, 1.165) is 17.1 Å². The summed E-state index contributed by atoms with van der Waals surface area (Å²) in [6.07, 6.45) is 3.22. The Hall–Kier alpha value is -2.86. The number of nitrogens with zero attached hydrogens (tertiary/aromatic N) is 3. The summed E-state index contributed by atoms with van der Waals surface area (Å²) in [7, 11) is 1.62. The van der Waals surface area contributed by atoms with E-state index >= 15 is 0 Å². The minimum atomic E-state index is -0.0897. The Morgan fingerprint density at radius 1 is 1.24 bits per heavy atom. The lowest BCUT2D eigenvalue weighted by Gasteiger charge is -2.21. The summed E-state index contributed by atoms with van der Waals surface area (Å²) in [6.45, 7) is 3.23. The Morgan fingerprint density at radius 3 is 2.72 bits per heavy atom. The number of carbonyl (C=O) groups is 1. The second-order valence-electron chi connectivity index (χ2n) is 5.69. The molecule has 0 atom stereocenters. The molecule has 0 aliphatic carbocycles. The lowest BCUT2D eigenvalue weighted by atomic mass is 10.2. The van der Waals surface area contributed by atoms with Crippen LogP contribution in [0.25, 0.3) is 5.69 Å². The van der Waals surface area contributed by atoms with Crippen molar-refractivity contribution in [2.75, 3.05) is 20.3 Å². The molecular formula is C19H21N3O3. The molecule has 0 saturated heterocycles. The summed E-state index contributed by atoms with van der Waals surface area (Å²) >= 11 is 0. The molecule has 2 aromatic heterocycles. The first-order valence-electron chi connectivity index (χ1n) is 8.11. The van der Waals surface area contributed by atoms with E-state index in [2.05, 4.69) is 5.10 Å². The first-order valence-corrected chi connectivity index (χ1v) is 8.11. The van der Waals surface area contributed by atoms with Gasteiger partial charge in [0, 0.05) is 13.7 Å². The quantitative estimate of drug-likeness (QED) is 0.664. The van der Waals surface area contributed by atoms with E-state index in [9.17, 15) is 4.79 Å². The van der Waals surface area contributed by atoms with Crippen molar-refractivity contribution in [2.45, 2.75) is 13.5 Å². The number of para-hydroxylation sites is 1. The first-order chi connectivity index (χ1) is 12.2. The van der Waals surface area contributed by atoms with Gasteiger partial charge >= 0.3 is 0 Å². The maximum absolute atomic E-state index is 13.0. The van der Waals surface area contributed by atoms with Crippen LogP contribution in [-0.2, 0) is 11.3 Å². The van der Waals surface area contributed by atoms with Gasteiger partial charge in [-0.1, -0.05) is 18.2 Å². The molecule has 3 rings (SSSR count). The first kappa shape index (κ1) is 17.0. The van der Waals surface area contributed by atoms with Crippen LogP contribution in [0.15, 0.2) is 59.3 Å². The fourth-order valence-corrected chi connectivity index (χ4v) is 2.66. The number of benzene rings is 1. The second kappa shape index (κ2) is 7.81. The molecule has 0 radical (unpaired) electrons. The van der Waals surface area contributed by atoms with Gasteiger partial charge < -0.3 is 14.1 Å². The predicted octanol–water partition coefficient (Wildman–Crippen LogP) is 3.06. The Morgan fingerprint density at radius 2 is 2.04 bits per heavy atom. The number of hydrogen-bond acceptors (Lipinski definition) is 4. The van der Waals surface area contributed by atoms with Crippen LogP contribution in [0.5, 0.6) is 0 Å². The van der Waals surface area contributed by atoms with Crippen molar-refractivity contribution in [3.63, 3.8) is 0 Å². The van der Waals surface area contributed by atoms with Gasteiger partial charge in [0.05, 0.1) is 42.6 Å². The van der Waals surface area contributed by atoms with Gasteiger partial charge in [0.1, 0.15) is 5.76 Å². The van der Waals surface area contributed by atoms with E-state index in [1.54, 1.807) is 29.2 Å². The molecule has 1 amide bonds. The highest BCUT2D eigenvalue weighted by Gasteiger charge is 2.22. The number of ether oxygens (including phenoxy) is 1. The summed E-state index contributed by atoms with van der Waals surface area (Å²) < 4.78 is 12.3. The van der Waals surface area contributed by atoms with E-state index < -0.39 is 0 Å². The molecule has 0 spiro atoms. The van der Waals surface area contributed by atoms with Crippen molar-refractivity contribution >= 4 is 5.91 Å². The average molecular weight is 339 g/mol. The van der Waals surface area contributed by atoms with E-state index in [1.807, 2.05) is 49.4 Å². The monoisotopic (exact) mass is 339 g/mol. The zero-order valence-corrected chi connectivity index (χ0v) is 14.4.